The van der Waals surface area contributed by atoms with Gasteiger partial charge in [-0.25, -0.2) is 4.79 Å². The monoisotopic (exact) mass is 275 g/mol. The van der Waals surface area contributed by atoms with E-state index in [2.05, 4.69) is 12.2 Å². The predicted octanol–water partition coefficient (Wildman–Crippen LogP) is 3.63. The summed E-state index contributed by atoms with van der Waals surface area (Å²) in [6.07, 6.45) is 2.07. The number of hydrogen-bond acceptors (Lipinski definition) is 4. The summed E-state index contributed by atoms with van der Waals surface area (Å²) in [5.41, 5.74) is 2.74. The molecule has 2 rings (SSSR count). The summed E-state index contributed by atoms with van der Waals surface area (Å²) in [5.74, 6) is 0.766. The maximum Gasteiger partial charge on any atom is 0.339 e. The van der Waals surface area contributed by atoms with Gasteiger partial charge in [-0.15, -0.1) is 0 Å². The van der Waals surface area contributed by atoms with Crippen LogP contribution in [0.5, 0.6) is 5.75 Å². The average Bonchev–Trinajstić information content (AvgIpc) is 2.45. The Kier molecular flexibility index (Phi) is 4.32. The SMILES string of the molecule is CCCCOc1c(NC)ccc2oc(=O)c(C)c(C)c12. The van der Waals surface area contributed by atoms with Gasteiger partial charge in [0.2, 0.25) is 0 Å². The Morgan fingerprint density at radius 1 is 1.25 bits per heavy atom. The molecule has 0 spiro atoms. The summed E-state index contributed by atoms with van der Waals surface area (Å²) in [7, 11) is 1.86. The highest BCUT2D eigenvalue weighted by Crippen LogP contribution is 2.36. The van der Waals surface area contributed by atoms with E-state index in [1.54, 1.807) is 6.92 Å². The second-order valence-electron chi connectivity index (χ2n) is 4.91. The van der Waals surface area contributed by atoms with Gasteiger partial charge in [0.25, 0.3) is 0 Å². The van der Waals surface area contributed by atoms with Crippen molar-refractivity contribution in [2.24, 2.45) is 0 Å². The van der Waals surface area contributed by atoms with Gasteiger partial charge in [-0.3, -0.25) is 0 Å². The Morgan fingerprint density at radius 3 is 2.65 bits per heavy atom. The van der Waals surface area contributed by atoms with Crippen LogP contribution in [-0.2, 0) is 0 Å². The third-order valence-corrected chi connectivity index (χ3v) is 3.58. The number of ether oxygens (including phenoxy) is 1. The lowest BCUT2D eigenvalue weighted by atomic mass is 10.1. The fourth-order valence-corrected chi connectivity index (χ4v) is 2.19. The van der Waals surface area contributed by atoms with Crippen LogP contribution in [0.15, 0.2) is 21.3 Å². The second kappa shape index (κ2) is 5.99. The van der Waals surface area contributed by atoms with Gasteiger partial charge >= 0.3 is 5.63 Å². The first-order valence-electron chi connectivity index (χ1n) is 6.97. The smallest absolute Gasteiger partial charge is 0.339 e. The summed E-state index contributed by atoms with van der Waals surface area (Å²) >= 11 is 0. The van der Waals surface area contributed by atoms with Crippen molar-refractivity contribution >= 4 is 16.7 Å². The second-order valence-corrected chi connectivity index (χ2v) is 4.91. The van der Waals surface area contributed by atoms with Crippen LogP contribution in [0.2, 0.25) is 0 Å². The zero-order chi connectivity index (χ0) is 14.7. The van der Waals surface area contributed by atoms with Crippen LogP contribution in [0.25, 0.3) is 11.0 Å². The normalized spacial score (nSPS) is 10.8. The van der Waals surface area contributed by atoms with Gasteiger partial charge in [0.15, 0.2) is 5.75 Å². The molecular formula is C16H21NO3. The Morgan fingerprint density at radius 2 is 2.00 bits per heavy atom. The number of unbranched alkanes of at least 4 members (excludes halogenated alkanes) is 1. The van der Waals surface area contributed by atoms with Crippen molar-refractivity contribution in [2.45, 2.75) is 33.6 Å². The Labute approximate surface area is 118 Å². The quantitative estimate of drug-likeness (QED) is 0.668. The van der Waals surface area contributed by atoms with E-state index in [0.29, 0.717) is 17.8 Å². The molecule has 4 nitrogen and oxygen atoms in total. The maximum absolute atomic E-state index is 11.8. The zero-order valence-corrected chi connectivity index (χ0v) is 12.5. The van der Waals surface area contributed by atoms with E-state index in [0.717, 1.165) is 35.2 Å². The summed E-state index contributed by atoms with van der Waals surface area (Å²) in [4.78, 5) is 11.8. The molecule has 1 aromatic carbocycles. The molecule has 1 aromatic heterocycles. The summed E-state index contributed by atoms with van der Waals surface area (Å²) in [5, 5.41) is 4.01. The third-order valence-electron chi connectivity index (χ3n) is 3.58. The molecule has 0 saturated heterocycles. The topological polar surface area (TPSA) is 51.5 Å². The number of rotatable bonds is 5. The number of aryl methyl sites for hydroxylation is 1. The first kappa shape index (κ1) is 14.4. The Hall–Kier alpha value is -1.97. The molecule has 20 heavy (non-hydrogen) atoms. The van der Waals surface area contributed by atoms with Crippen molar-refractivity contribution in [2.75, 3.05) is 19.0 Å². The first-order chi connectivity index (χ1) is 9.60. The van der Waals surface area contributed by atoms with Gasteiger partial charge in [-0.05, 0) is 38.0 Å². The van der Waals surface area contributed by atoms with Gasteiger partial charge in [-0.2, -0.15) is 0 Å². The molecule has 4 heteroatoms. The van der Waals surface area contributed by atoms with Crippen molar-refractivity contribution in [3.05, 3.63) is 33.7 Å². The molecule has 1 heterocycles. The number of nitrogens with one attached hydrogen (secondary N) is 1. The third kappa shape index (κ3) is 2.50. The van der Waals surface area contributed by atoms with Crippen molar-refractivity contribution in [1.82, 2.24) is 0 Å². The van der Waals surface area contributed by atoms with Crippen molar-refractivity contribution < 1.29 is 9.15 Å². The molecule has 0 unspecified atom stereocenters. The van der Waals surface area contributed by atoms with Crippen LogP contribution in [0.4, 0.5) is 5.69 Å². The molecule has 0 aliphatic heterocycles. The lowest BCUT2D eigenvalue weighted by Crippen LogP contribution is -2.08. The van der Waals surface area contributed by atoms with Crippen LogP contribution in [-0.4, -0.2) is 13.7 Å². The van der Waals surface area contributed by atoms with Crippen LogP contribution in [0, 0.1) is 13.8 Å². The minimum atomic E-state index is -0.285. The molecule has 0 atom stereocenters. The van der Waals surface area contributed by atoms with Crippen molar-refractivity contribution in [1.29, 1.82) is 0 Å². The van der Waals surface area contributed by atoms with Crippen LogP contribution in [0.3, 0.4) is 0 Å². The van der Waals surface area contributed by atoms with Crippen LogP contribution in [0.1, 0.15) is 30.9 Å². The highest BCUT2D eigenvalue weighted by atomic mass is 16.5. The lowest BCUT2D eigenvalue weighted by Gasteiger charge is -2.15. The van der Waals surface area contributed by atoms with Gasteiger partial charge in [0, 0.05) is 12.6 Å². The molecule has 0 aliphatic carbocycles. The van der Waals surface area contributed by atoms with Crippen molar-refractivity contribution in [3.8, 4) is 5.75 Å². The molecule has 0 radical (unpaired) electrons. The first-order valence-corrected chi connectivity index (χ1v) is 6.97. The fourth-order valence-electron chi connectivity index (χ4n) is 2.19. The Balaban J connectivity index is 2.66. The average molecular weight is 275 g/mol. The van der Waals surface area contributed by atoms with Gasteiger partial charge < -0.3 is 14.5 Å². The molecule has 1 N–H and O–H groups in total. The Bertz CT molecular complexity index is 673. The molecule has 0 saturated carbocycles. The van der Waals surface area contributed by atoms with Crippen molar-refractivity contribution in [3.63, 3.8) is 0 Å². The van der Waals surface area contributed by atoms with Gasteiger partial charge in [0.1, 0.15) is 5.58 Å². The van der Waals surface area contributed by atoms with E-state index < -0.39 is 0 Å². The molecule has 0 aliphatic rings. The molecule has 0 fully saturated rings. The highest BCUT2D eigenvalue weighted by molar-refractivity contribution is 5.92. The van der Waals surface area contributed by atoms with Gasteiger partial charge in [-0.1, -0.05) is 13.3 Å². The lowest BCUT2D eigenvalue weighted by molar-refractivity contribution is 0.314. The number of anilines is 1. The molecule has 0 bridgehead atoms. The summed E-state index contributed by atoms with van der Waals surface area (Å²) in [6.45, 7) is 6.49. The van der Waals surface area contributed by atoms with E-state index in [1.807, 2.05) is 26.1 Å². The van der Waals surface area contributed by atoms with E-state index in [9.17, 15) is 4.79 Å². The molecule has 2 aromatic rings. The number of hydrogen-bond donors (Lipinski definition) is 1. The minimum absolute atomic E-state index is 0.285. The zero-order valence-electron chi connectivity index (χ0n) is 12.5. The number of fused-ring (bicyclic) bond motifs is 1. The van der Waals surface area contributed by atoms with E-state index in [4.69, 9.17) is 9.15 Å². The number of benzene rings is 1. The predicted molar refractivity (Wildman–Crippen MR) is 81.9 cm³/mol. The maximum atomic E-state index is 11.8. The molecule has 0 amide bonds. The fraction of sp³-hybridized carbons (Fsp3) is 0.438. The van der Waals surface area contributed by atoms with E-state index in [1.165, 1.54) is 0 Å². The van der Waals surface area contributed by atoms with E-state index in [-0.39, 0.29) is 5.63 Å². The van der Waals surface area contributed by atoms with Crippen LogP contribution < -0.4 is 15.7 Å². The standard InChI is InChI=1S/C16H21NO3/c1-5-6-9-19-15-12(17-4)7-8-13-14(15)10(2)11(3)16(18)20-13/h7-8,17H,5-6,9H2,1-4H3. The van der Waals surface area contributed by atoms with Gasteiger partial charge in [0.05, 0.1) is 17.7 Å². The molecular weight excluding hydrogens is 254 g/mol. The largest absolute Gasteiger partial charge is 0.491 e. The van der Waals surface area contributed by atoms with Crippen LogP contribution >= 0.6 is 0 Å². The van der Waals surface area contributed by atoms with E-state index >= 15 is 0 Å². The minimum Gasteiger partial charge on any atom is -0.491 e. The summed E-state index contributed by atoms with van der Waals surface area (Å²) < 4.78 is 11.3. The highest BCUT2D eigenvalue weighted by Gasteiger charge is 2.15. The molecule has 108 valence electrons. The summed E-state index contributed by atoms with van der Waals surface area (Å²) in [6, 6.07) is 3.68.